The highest BCUT2D eigenvalue weighted by Gasteiger charge is 2.42. The molecule has 0 fully saturated rings. The van der Waals surface area contributed by atoms with Crippen molar-refractivity contribution in [1.29, 1.82) is 0 Å². The van der Waals surface area contributed by atoms with Gasteiger partial charge in [0.15, 0.2) is 0 Å². The number of aromatic nitrogens is 2. The summed E-state index contributed by atoms with van der Waals surface area (Å²) in [5.74, 6) is -1.30. The maximum absolute atomic E-state index is 13.6. The molecule has 0 bridgehead atoms. The average molecular weight is 516 g/mol. The number of carboxylic acids is 1. The lowest BCUT2D eigenvalue weighted by molar-refractivity contribution is -0.136. The number of rotatable bonds is 11. The molecule has 3 N–H and O–H groups in total. The van der Waals surface area contributed by atoms with Crippen LogP contribution >= 0.6 is 0 Å². The first-order chi connectivity index (χ1) is 18.3. The van der Waals surface area contributed by atoms with Crippen LogP contribution in [0, 0.1) is 5.92 Å². The maximum atomic E-state index is 13.6. The zero-order valence-corrected chi connectivity index (χ0v) is 21.2. The van der Waals surface area contributed by atoms with Gasteiger partial charge in [-0.3, -0.25) is 19.4 Å². The molecule has 0 saturated heterocycles. The van der Waals surface area contributed by atoms with Crippen molar-refractivity contribution in [3.05, 3.63) is 83.9 Å². The quantitative estimate of drug-likeness (QED) is 0.331. The van der Waals surface area contributed by atoms with E-state index in [9.17, 15) is 14.4 Å². The van der Waals surface area contributed by atoms with Crippen molar-refractivity contribution in [2.24, 2.45) is 5.92 Å². The first kappa shape index (κ1) is 26.7. The van der Waals surface area contributed by atoms with E-state index in [1.165, 1.54) is 18.6 Å². The second kappa shape index (κ2) is 12.2. The van der Waals surface area contributed by atoms with E-state index in [0.29, 0.717) is 23.5 Å². The molecule has 1 aliphatic heterocycles. The predicted octanol–water partition coefficient (Wildman–Crippen LogP) is 2.47. The Labute approximate surface area is 220 Å². The maximum Gasteiger partial charge on any atom is 0.618 e. The summed E-state index contributed by atoms with van der Waals surface area (Å²) in [6.07, 6.45) is 4.88. The third kappa shape index (κ3) is 7.09. The number of carboxylic acid groups (broad SMARTS) is 1. The van der Waals surface area contributed by atoms with E-state index in [1.807, 2.05) is 44.2 Å². The number of hydrogen-bond donors (Lipinski definition) is 3. The smallest absolute Gasteiger partial charge is 0.522 e. The van der Waals surface area contributed by atoms with E-state index in [0.717, 1.165) is 5.56 Å². The second-order valence-corrected chi connectivity index (χ2v) is 9.51. The molecule has 0 spiro atoms. The number of carbonyl (C=O) groups excluding carboxylic acids is 2. The number of aliphatic carboxylic acids is 1. The third-order valence-corrected chi connectivity index (χ3v) is 5.93. The van der Waals surface area contributed by atoms with Gasteiger partial charge in [0, 0.05) is 18.8 Å². The zero-order chi connectivity index (χ0) is 27.1. The van der Waals surface area contributed by atoms with Crippen LogP contribution in [0.2, 0.25) is 0 Å². The van der Waals surface area contributed by atoms with Gasteiger partial charge < -0.3 is 25.0 Å². The fourth-order valence-corrected chi connectivity index (χ4v) is 4.20. The van der Waals surface area contributed by atoms with Crippen molar-refractivity contribution in [3.8, 4) is 11.5 Å². The minimum atomic E-state index is -0.946. The van der Waals surface area contributed by atoms with E-state index in [4.69, 9.17) is 14.4 Å². The van der Waals surface area contributed by atoms with Gasteiger partial charge in [-0.1, -0.05) is 50.2 Å². The molecule has 2 heterocycles. The monoisotopic (exact) mass is 516 g/mol. The van der Waals surface area contributed by atoms with Gasteiger partial charge in [-0.05, 0) is 35.6 Å². The molecule has 196 valence electrons. The molecular weight excluding hydrogens is 487 g/mol. The van der Waals surface area contributed by atoms with Crippen LogP contribution in [0.4, 0.5) is 0 Å². The Morgan fingerprint density at radius 2 is 1.74 bits per heavy atom. The fraction of sp³-hybridized carbons (Fsp3) is 0.296. The van der Waals surface area contributed by atoms with Gasteiger partial charge >= 0.3 is 13.1 Å². The highest BCUT2D eigenvalue weighted by atomic mass is 16.6. The van der Waals surface area contributed by atoms with Crippen molar-refractivity contribution in [3.63, 3.8) is 0 Å². The van der Waals surface area contributed by atoms with Gasteiger partial charge in [0.05, 0.1) is 18.6 Å². The third-order valence-electron chi connectivity index (χ3n) is 5.93. The Bertz CT molecular complexity index is 1280. The van der Waals surface area contributed by atoms with Gasteiger partial charge in [-0.25, -0.2) is 4.98 Å². The molecule has 2 aromatic carbocycles. The number of fused-ring (bicyclic) bond motifs is 1. The average Bonchev–Trinajstić information content (AvgIpc) is 3.32. The van der Waals surface area contributed by atoms with Crippen LogP contribution in [0.1, 0.15) is 41.9 Å². The van der Waals surface area contributed by atoms with Gasteiger partial charge in [0.2, 0.25) is 5.91 Å². The van der Waals surface area contributed by atoms with Crippen LogP contribution < -0.4 is 19.9 Å². The highest BCUT2D eigenvalue weighted by Crippen LogP contribution is 2.35. The number of benzene rings is 2. The number of nitrogens with one attached hydrogen (secondary N) is 2. The fourth-order valence-electron chi connectivity index (χ4n) is 4.20. The van der Waals surface area contributed by atoms with Crippen LogP contribution in [-0.4, -0.2) is 52.0 Å². The summed E-state index contributed by atoms with van der Waals surface area (Å²) in [5.41, 5.74) is 1.56. The van der Waals surface area contributed by atoms with Crippen LogP contribution in [-0.2, 0) is 22.4 Å². The molecule has 0 unspecified atom stereocenters. The molecule has 38 heavy (non-hydrogen) atoms. The molecule has 4 rings (SSSR count). The van der Waals surface area contributed by atoms with Crippen LogP contribution in [0.5, 0.6) is 11.5 Å². The van der Waals surface area contributed by atoms with E-state index in [2.05, 4.69) is 20.6 Å². The first-order valence-electron chi connectivity index (χ1n) is 12.4. The lowest BCUT2D eigenvalue weighted by Gasteiger charge is -2.25. The first-order valence-corrected chi connectivity index (χ1v) is 12.4. The Morgan fingerprint density at radius 1 is 0.974 bits per heavy atom. The van der Waals surface area contributed by atoms with Crippen molar-refractivity contribution < 1.29 is 28.8 Å². The summed E-state index contributed by atoms with van der Waals surface area (Å²) < 4.78 is 12.0. The lowest BCUT2D eigenvalue weighted by atomic mass is 9.74. The zero-order valence-electron chi connectivity index (χ0n) is 21.2. The number of amides is 2. The Hall–Kier alpha value is -4.41. The summed E-state index contributed by atoms with van der Waals surface area (Å²) in [6, 6.07) is 13.5. The molecule has 1 aromatic heterocycles. The number of carbonyl (C=O) groups is 3. The summed E-state index contributed by atoms with van der Waals surface area (Å²) >= 11 is 0. The predicted molar refractivity (Wildman–Crippen MR) is 140 cm³/mol. The van der Waals surface area contributed by atoms with Crippen LogP contribution in [0.15, 0.2) is 67.1 Å². The van der Waals surface area contributed by atoms with Crippen LogP contribution in [0.25, 0.3) is 0 Å². The second-order valence-electron chi connectivity index (χ2n) is 9.51. The van der Waals surface area contributed by atoms with Crippen molar-refractivity contribution in [2.75, 3.05) is 0 Å². The minimum Gasteiger partial charge on any atom is -0.522 e. The van der Waals surface area contributed by atoms with Crippen molar-refractivity contribution in [1.82, 2.24) is 20.6 Å². The standard InChI is InChI=1S/C27H29BN4O6/c1-17(2)12-24(28-37-22-9-8-19(15-25(33)34)14-23(22)38-28)32-26(35)20(13-18-6-4-3-5-7-18)31-27(36)21-16-29-10-11-30-21/h3-11,14,16-17,20,24H,12-13,15H2,1-2H3,(H,31,36)(H,32,35)(H,33,34)/t20-,24-/m0/s1. The normalized spacial score (nSPS) is 13.6. The molecule has 3 aromatic rings. The van der Waals surface area contributed by atoms with Crippen LogP contribution in [0.3, 0.4) is 0 Å². The van der Waals surface area contributed by atoms with E-state index in [1.54, 1.807) is 18.2 Å². The molecular formula is C27H29BN4O6. The van der Waals surface area contributed by atoms with Gasteiger partial charge in [-0.15, -0.1) is 0 Å². The SMILES string of the molecule is CC(C)C[C@H](NC(=O)[C@H](Cc1ccccc1)NC(=O)c1cnccn1)B1Oc2ccc(CC(=O)O)cc2O1. The molecule has 11 heteroatoms. The lowest BCUT2D eigenvalue weighted by Crippen LogP contribution is -2.57. The van der Waals surface area contributed by atoms with Gasteiger partial charge in [0.25, 0.3) is 5.91 Å². The van der Waals surface area contributed by atoms with Gasteiger partial charge in [0.1, 0.15) is 23.2 Å². The summed E-state index contributed by atoms with van der Waals surface area (Å²) in [5, 5.41) is 14.9. The van der Waals surface area contributed by atoms with E-state index >= 15 is 0 Å². The molecule has 0 radical (unpaired) electrons. The number of hydrogen-bond acceptors (Lipinski definition) is 7. The number of nitrogens with zero attached hydrogens (tertiary/aromatic N) is 2. The molecule has 2 amide bonds. The van der Waals surface area contributed by atoms with Crippen molar-refractivity contribution >= 4 is 24.9 Å². The van der Waals surface area contributed by atoms with Crippen molar-refractivity contribution in [2.45, 2.75) is 45.1 Å². The largest absolute Gasteiger partial charge is 0.618 e. The molecule has 0 aliphatic carbocycles. The van der Waals surface area contributed by atoms with E-state index in [-0.39, 0.29) is 24.5 Å². The topological polar surface area (TPSA) is 140 Å². The summed E-state index contributed by atoms with van der Waals surface area (Å²) in [7, 11) is -0.815. The highest BCUT2D eigenvalue weighted by molar-refractivity contribution is 6.50. The minimum absolute atomic E-state index is 0.104. The molecule has 10 nitrogen and oxygen atoms in total. The summed E-state index contributed by atoms with van der Waals surface area (Å²) in [6.45, 7) is 4.03. The Balaban J connectivity index is 1.51. The summed E-state index contributed by atoms with van der Waals surface area (Å²) in [4.78, 5) is 45.5. The van der Waals surface area contributed by atoms with Gasteiger partial charge in [-0.2, -0.15) is 0 Å². The Morgan fingerprint density at radius 3 is 2.42 bits per heavy atom. The molecule has 2 atom stereocenters. The molecule has 0 saturated carbocycles. The molecule has 1 aliphatic rings. The van der Waals surface area contributed by atoms with E-state index < -0.39 is 36.9 Å². The Kier molecular flexibility index (Phi) is 8.57.